The highest BCUT2D eigenvalue weighted by atomic mass is 35.5. The van der Waals surface area contributed by atoms with Crippen LogP contribution in [0.3, 0.4) is 0 Å². The number of methoxy groups -OCH3 is 1. The monoisotopic (exact) mass is 803 g/mol. The average molecular weight is 805 g/mol. The number of azo groups is 1. The molecule has 0 radical (unpaired) electrons. The number of hydrogen-bond acceptors (Lipinski definition) is 8. The summed E-state index contributed by atoms with van der Waals surface area (Å²) in [7, 11) is 1.54. The van der Waals surface area contributed by atoms with Gasteiger partial charge in [-0.15, -0.1) is 5.10 Å². The third-order valence-electron chi connectivity index (χ3n) is 9.94. The number of ketones is 1. The van der Waals surface area contributed by atoms with E-state index in [1.165, 1.54) is 17.7 Å². The fourth-order valence-corrected chi connectivity index (χ4v) is 6.74. The largest absolute Gasteiger partial charge is 0.497 e. The second-order valence-electron chi connectivity index (χ2n) is 14.5. The Balaban J connectivity index is 1.34. The summed E-state index contributed by atoms with van der Waals surface area (Å²) in [6, 6.07) is 21.1. The second-order valence-corrected chi connectivity index (χ2v) is 15.8. The van der Waals surface area contributed by atoms with E-state index in [0.29, 0.717) is 22.7 Å². The average Bonchev–Trinajstić information content (AvgIpc) is 3.45. The van der Waals surface area contributed by atoms with E-state index in [4.69, 9.17) is 44.3 Å². The second kappa shape index (κ2) is 17.4. The maximum absolute atomic E-state index is 13.7. The maximum Gasteiger partial charge on any atom is 0.282 e. The summed E-state index contributed by atoms with van der Waals surface area (Å²) >= 11 is 19.0. The molecule has 0 aliphatic carbocycles. The molecular formula is C42H44Cl3N5O5. The Morgan fingerprint density at radius 1 is 0.891 bits per heavy atom. The normalized spacial score (nSPS) is 14.7. The van der Waals surface area contributed by atoms with Gasteiger partial charge in [-0.2, -0.15) is 15.2 Å². The molecule has 5 rings (SSSR count). The topological polar surface area (TPSA) is 122 Å². The van der Waals surface area contributed by atoms with Crippen molar-refractivity contribution in [1.82, 2.24) is 5.32 Å². The number of hydrazone groups is 1. The zero-order chi connectivity index (χ0) is 40.1. The summed E-state index contributed by atoms with van der Waals surface area (Å²) in [6.45, 7) is 13.0. The fourth-order valence-electron chi connectivity index (χ4n) is 5.76. The van der Waals surface area contributed by atoms with Crippen molar-refractivity contribution in [2.45, 2.75) is 77.7 Å². The lowest BCUT2D eigenvalue weighted by Gasteiger charge is -2.30. The molecule has 0 saturated heterocycles. The van der Waals surface area contributed by atoms with E-state index in [-0.39, 0.29) is 61.8 Å². The van der Waals surface area contributed by atoms with Gasteiger partial charge in [-0.25, -0.2) is 0 Å². The first kappa shape index (κ1) is 41.4. The van der Waals surface area contributed by atoms with Gasteiger partial charge in [0.25, 0.3) is 11.8 Å². The first-order valence-corrected chi connectivity index (χ1v) is 19.0. The van der Waals surface area contributed by atoms with Crippen molar-refractivity contribution in [2.24, 2.45) is 15.3 Å². The Morgan fingerprint density at radius 3 is 2.20 bits per heavy atom. The summed E-state index contributed by atoms with van der Waals surface area (Å²) in [6.07, 6.45) is 1.92. The Kier molecular flexibility index (Phi) is 13.1. The van der Waals surface area contributed by atoms with Crippen LogP contribution in [0.5, 0.6) is 11.5 Å². The number of amidine groups is 1. The number of amides is 2. The molecule has 0 saturated carbocycles. The molecular weight excluding hydrogens is 761 g/mol. The van der Waals surface area contributed by atoms with Crippen LogP contribution in [-0.2, 0) is 26.8 Å². The lowest BCUT2D eigenvalue weighted by atomic mass is 9.76. The van der Waals surface area contributed by atoms with Gasteiger partial charge < -0.3 is 14.8 Å². The number of hydrogen-bond donors (Lipinski definition) is 1. The minimum absolute atomic E-state index is 0.00388. The molecule has 1 N–H and O–H groups in total. The molecule has 55 heavy (non-hydrogen) atoms. The quantitative estimate of drug-likeness (QED) is 0.127. The Labute approximate surface area is 336 Å². The van der Waals surface area contributed by atoms with Crippen LogP contribution in [0.15, 0.2) is 94.2 Å². The minimum Gasteiger partial charge on any atom is -0.497 e. The molecule has 1 unspecified atom stereocenters. The lowest BCUT2D eigenvalue weighted by Crippen LogP contribution is -2.39. The van der Waals surface area contributed by atoms with E-state index < -0.39 is 17.9 Å². The third kappa shape index (κ3) is 9.73. The molecule has 1 aliphatic heterocycles. The van der Waals surface area contributed by atoms with Crippen molar-refractivity contribution in [3.63, 3.8) is 0 Å². The van der Waals surface area contributed by atoms with E-state index in [2.05, 4.69) is 74.3 Å². The summed E-state index contributed by atoms with van der Waals surface area (Å²) < 4.78 is 11.3. The Hall–Kier alpha value is -4.77. The first-order chi connectivity index (χ1) is 26.1. The number of nitrogens with zero attached hydrogens (tertiary/aromatic N) is 4. The van der Waals surface area contributed by atoms with Crippen LogP contribution in [0.4, 0.5) is 11.4 Å². The van der Waals surface area contributed by atoms with Crippen LogP contribution < -0.4 is 19.8 Å². The lowest BCUT2D eigenvalue weighted by molar-refractivity contribution is -0.120. The predicted octanol–water partition coefficient (Wildman–Crippen LogP) is 10.5. The number of ether oxygens (including phenoxy) is 2. The molecule has 1 atom stereocenters. The number of halogens is 3. The summed E-state index contributed by atoms with van der Waals surface area (Å²) in [4.78, 5) is 40.7. The van der Waals surface area contributed by atoms with Crippen molar-refractivity contribution in [1.29, 1.82) is 0 Å². The first-order valence-electron chi connectivity index (χ1n) is 17.9. The van der Waals surface area contributed by atoms with E-state index in [9.17, 15) is 14.4 Å². The van der Waals surface area contributed by atoms with E-state index in [0.717, 1.165) is 23.4 Å². The van der Waals surface area contributed by atoms with Crippen LogP contribution in [0.25, 0.3) is 0 Å². The van der Waals surface area contributed by atoms with Gasteiger partial charge in [-0.05, 0) is 89.4 Å². The minimum atomic E-state index is -1.35. The molecule has 0 aromatic heterocycles. The van der Waals surface area contributed by atoms with Crippen LogP contribution >= 0.6 is 34.8 Å². The molecule has 13 heteroatoms. The number of anilines is 1. The molecule has 0 bridgehead atoms. The number of carbonyl (C=O) groups excluding carboxylic acids is 3. The number of nitrogens with one attached hydrogen (secondary N) is 1. The number of rotatable bonds is 14. The fraction of sp³-hybridized carbons (Fsp3) is 0.333. The van der Waals surface area contributed by atoms with E-state index in [1.807, 2.05) is 6.07 Å². The van der Waals surface area contributed by atoms with Gasteiger partial charge in [-0.1, -0.05) is 101 Å². The summed E-state index contributed by atoms with van der Waals surface area (Å²) in [5.41, 5.74) is 3.48. The standard InChI is InChI=1S/C42H44Cl3N5O5/c1-8-41(3,4)27-13-18-35(32(21-27)42(5,6)9-2)55-24-30(51)20-25-11-10-12-26(19-25)39(52)46-38-36(48-47-29-14-16-31(54-7)17-15-29)40(53)50(49-38)37-33(44)22-28(43)23-34(37)45/h10-19,21-23,36H,8-9,20,24H2,1-7H3,(H,46,49,52)/b48-47+. The predicted molar refractivity (Wildman–Crippen MR) is 219 cm³/mol. The molecule has 4 aromatic rings. The van der Waals surface area contributed by atoms with Gasteiger partial charge in [0, 0.05) is 22.6 Å². The van der Waals surface area contributed by atoms with Gasteiger partial charge in [0.15, 0.2) is 11.6 Å². The van der Waals surface area contributed by atoms with Crippen molar-refractivity contribution < 1.29 is 23.9 Å². The Bertz CT molecular complexity index is 2130. The number of benzene rings is 4. The molecule has 10 nitrogen and oxygen atoms in total. The Morgan fingerprint density at radius 2 is 1.56 bits per heavy atom. The number of Topliss-reactive ketones (excluding diaryl/α,β-unsaturated/α-hetero) is 1. The van der Waals surface area contributed by atoms with Crippen molar-refractivity contribution in [3.8, 4) is 11.5 Å². The third-order valence-corrected chi connectivity index (χ3v) is 10.7. The maximum atomic E-state index is 13.7. The van der Waals surface area contributed by atoms with E-state index in [1.54, 1.807) is 55.6 Å². The van der Waals surface area contributed by atoms with Crippen molar-refractivity contribution in [2.75, 3.05) is 18.7 Å². The van der Waals surface area contributed by atoms with Gasteiger partial charge >= 0.3 is 0 Å². The molecule has 0 spiro atoms. The molecule has 4 aromatic carbocycles. The van der Waals surface area contributed by atoms with Gasteiger partial charge in [0.2, 0.25) is 6.04 Å². The van der Waals surface area contributed by atoms with E-state index >= 15 is 0 Å². The van der Waals surface area contributed by atoms with Gasteiger partial charge in [-0.3, -0.25) is 14.4 Å². The molecule has 0 fully saturated rings. The molecule has 1 aliphatic rings. The van der Waals surface area contributed by atoms with Gasteiger partial charge in [0.05, 0.1) is 22.8 Å². The van der Waals surface area contributed by atoms with Crippen LogP contribution in [0.2, 0.25) is 15.1 Å². The number of carbonyl (C=O) groups is 3. The molecule has 1 heterocycles. The zero-order valence-electron chi connectivity index (χ0n) is 31.9. The highest BCUT2D eigenvalue weighted by Gasteiger charge is 2.40. The van der Waals surface area contributed by atoms with Crippen LogP contribution in [0.1, 0.15) is 81.4 Å². The van der Waals surface area contributed by atoms with Gasteiger partial charge in [0.1, 0.15) is 23.8 Å². The van der Waals surface area contributed by atoms with Crippen LogP contribution in [0, 0.1) is 0 Å². The smallest absolute Gasteiger partial charge is 0.282 e. The molecule has 2 amide bonds. The summed E-state index contributed by atoms with van der Waals surface area (Å²) in [5, 5.41) is 16.9. The van der Waals surface area contributed by atoms with Crippen molar-refractivity contribution in [3.05, 3.63) is 116 Å². The molecule has 288 valence electrons. The zero-order valence-corrected chi connectivity index (χ0v) is 34.1. The van der Waals surface area contributed by atoms with Crippen LogP contribution in [-0.4, -0.2) is 43.2 Å². The summed E-state index contributed by atoms with van der Waals surface area (Å²) in [5.74, 6) is -0.210. The highest BCUT2D eigenvalue weighted by molar-refractivity contribution is 6.43. The van der Waals surface area contributed by atoms with Crippen molar-refractivity contribution >= 4 is 69.6 Å². The SMILES string of the molecule is CCC(C)(C)c1ccc(OCC(=O)Cc2cccc(C(=O)NC3=NN(c4c(Cl)cc(Cl)cc4Cl)C(=O)C3/N=N/c3ccc(OC)cc3)c2)c(C(C)(C)CC)c1. The highest BCUT2D eigenvalue weighted by Crippen LogP contribution is 2.40.